The third-order valence-electron chi connectivity index (χ3n) is 2.45. The van der Waals surface area contributed by atoms with Crippen molar-refractivity contribution in [3.8, 4) is 5.75 Å². The number of nitrogens with one attached hydrogen (secondary N) is 1. The van der Waals surface area contributed by atoms with Crippen LogP contribution in [0.1, 0.15) is 23.2 Å². The van der Waals surface area contributed by atoms with Gasteiger partial charge >= 0.3 is 6.18 Å². The van der Waals surface area contributed by atoms with Gasteiger partial charge in [0.2, 0.25) is 0 Å². The maximum atomic E-state index is 12.1. The predicted molar refractivity (Wildman–Crippen MR) is 66.2 cm³/mol. The summed E-state index contributed by atoms with van der Waals surface area (Å²) in [6.45, 7) is -1.38. The predicted octanol–water partition coefficient (Wildman–Crippen LogP) is 3.28. The van der Waals surface area contributed by atoms with E-state index in [1.165, 1.54) is 18.2 Å². The molecular weight excluding hydrogens is 327 g/mol. The number of rotatable bonds is 4. The molecule has 0 aromatic heterocycles. The first-order chi connectivity index (χ1) is 8.83. The fourth-order valence-electron chi connectivity index (χ4n) is 1.44. The first kappa shape index (κ1) is 14.2. The number of halogens is 4. The second kappa shape index (κ2) is 5.40. The lowest BCUT2D eigenvalue weighted by Gasteiger charge is -2.11. The van der Waals surface area contributed by atoms with Gasteiger partial charge in [-0.3, -0.25) is 4.79 Å². The second-order valence-corrected chi connectivity index (χ2v) is 5.24. The average Bonchev–Trinajstić information content (AvgIpc) is 3.08. The van der Waals surface area contributed by atoms with E-state index in [4.69, 9.17) is 0 Å². The third-order valence-corrected chi connectivity index (χ3v) is 2.91. The number of amides is 1. The van der Waals surface area contributed by atoms with Crippen LogP contribution in [0, 0.1) is 0 Å². The first-order valence-corrected chi connectivity index (χ1v) is 6.44. The highest BCUT2D eigenvalue weighted by atomic mass is 79.9. The molecule has 19 heavy (non-hydrogen) atoms. The van der Waals surface area contributed by atoms with E-state index < -0.39 is 12.8 Å². The highest BCUT2D eigenvalue weighted by molar-refractivity contribution is 9.10. The summed E-state index contributed by atoms with van der Waals surface area (Å²) in [7, 11) is 0. The van der Waals surface area contributed by atoms with Crippen molar-refractivity contribution in [2.45, 2.75) is 25.1 Å². The molecular formula is C12H11BrF3NO2. The fraction of sp³-hybridized carbons (Fsp3) is 0.417. The van der Waals surface area contributed by atoms with E-state index in [0.29, 0.717) is 4.47 Å². The van der Waals surface area contributed by atoms with E-state index in [-0.39, 0.29) is 23.3 Å². The fourth-order valence-corrected chi connectivity index (χ4v) is 1.91. The molecule has 1 aliphatic rings. The average molecular weight is 338 g/mol. The van der Waals surface area contributed by atoms with Crippen LogP contribution in [-0.4, -0.2) is 24.7 Å². The molecule has 0 saturated heterocycles. The smallest absolute Gasteiger partial charge is 0.422 e. The number of hydrogen-bond acceptors (Lipinski definition) is 2. The van der Waals surface area contributed by atoms with Crippen LogP contribution < -0.4 is 10.1 Å². The van der Waals surface area contributed by atoms with Gasteiger partial charge in [0.15, 0.2) is 6.61 Å². The van der Waals surface area contributed by atoms with Gasteiger partial charge in [0.1, 0.15) is 5.75 Å². The molecule has 1 fully saturated rings. The zero-order chi connectivity index (χ0) is 14.0. The van der Waals surface area contributed by atoms with Crippen LogP contribution in [0.4, 0.5) is 13.2 Å². The van der Waals surface area contributed by atoms with Crippen molar-refractivity contribution in [1.82, 2.24) is 5.32 Å². The van der Waals surface area contributed by atoms with Crippen molar-refractivity contribution in [3.63, 3.8) is 0 Å². The molecule has 0 heterocycles. The van der Waals surface area contributed by atoms with Gasteiger partial charge < -0.3 is 10.1 Å². The molecule has 7 heteroatoms. The maximum absolute atomic E-state index is 12.1. The first-order valence-electron chi connectivity index (χ1n) is 5.64. The van der Waals surface area contributed by atoms with Crippen molar-refractivity contribution in [2.24, 2.45) is 0 Å². The number of hydrogen-bond donors (Lipinski definition) is 1. The number of alkyl halides is 3. The molecule has 0 atom stereocenters. The molecule has 1 aliphatic carbocycles. The van der Waals surface area contributed by atoms with Gasteiger partial charge in [-0.05, 0) is 31.0 Å². The summed E-state index contributed by atoms with van der Waals surface area (Å²) in [6.07, 6.45) is -2.52. The molecule has 2 rings (SSSR count). The molecule has 1 saturated carbocycles. The summed E-state index contributed by atoms with van der Waals surface area (Å²) in [5, 5.41) is 2.76. The highest BCUT2D eigenvalue weighted by Crippen LogP contribution is 2.25. The number of ether oxygens (including phenoxy) is 1. The topological polar surface area (TPSA) is 38.3 Å². The van der Waals surface area contributed by atoms with Crippen LogP contribution in [0.2, 0.25) is 0 Å². The molecule has 0 radical (unpaired) electrons. The molecule has 0 aliphatic heterocycles. The van der Waals surface area contributed by atoms with E-state index in [9.17, 15) is 18.0 Å². The Morgan fingerprint density at radius 1 is 1.37 bits per heavy atom. The molecule has 0 unspecified atom stereocenters. The summed E-state index contributed by atoms with van der Waals surface area (Å²) < 4.78 is 41.3. The van der Waals surface area contributed by atoms with Gasteiger partial charge in [0.25, 0.3) is 5.91 Å². The van der Waals surface area contributed by atoms with E-state index in [1.807, 2.05) is 0 Å². The highest BCUT2D eigenvalue weighted by Gasteiger charge is 2.29. The van der Waals surface area contributed by atoms with Crippen LogP contribution in [0.15, 0.2) is 22.7 Å². The summed E-state index contributed by atoms with van der Waals surface area (Å²) in [5.74, 6) is -0.298. The summed E-state index contributed by atoms with van der Waals surface area (Å²) >= 11 is 3.14. The molecule has 1 aromatic rings. The van der Waals surface area contributed by atoms with Gasteiger partial charge in [-0.1, -0.05) is 15.9 Å². The number of carbonyl (C=O) groups excluding carboxylic acids is 1. The minimum Gasteiger partial charge on any atom is -0.484 e. The van der Waals surface area contributed by atoms with Gasteiger partial charge in [-0.25, -0.2) is 0 Å². The lowest BCUT2D eigenvalue weighted by atomic mass is 10.2. The molecule has 0 bridgehead atoms. The molecule has 0 spiro atoms. The zero-order valence-electron chi connectivity index (χ0n) is 9.76. The minimum absolute atomic E-state index is 0.00708. The van der Waals surface area contributed by atoms with Crippen LogP contribution in [-0.2, 0) is 0 Å². The van der Waals surface area contributed by atoms with E-state index >= 15 is 0 Å². The van der Waals surface area contributed by atoms with Crippen molar-refractivity contribution in [1.29, 1.82) is 0 Å². The molecule has 3 nitrogen and oxygen atoms in total. The molecule has 1 amide bonds. The van der Waals surface area contributed by atoms with E-state index in [1.54, 1.807) is 0 Å². The number of carbonyl (C=O) groups is 1. The van der Waals surface area contributed by atoms with Crippen molar-refractivity contribution in [2.75, 3.05) is 6.61 Å². The summed E-state index contributed by atoms with van der Waals surface area (Å²) in [6, 6.07) is 4.41. The molecule has 1 N–H and O–H groups in total. The Labute approximate surface area is 116 Å². The monoisotopic (exact) mass is 337 g/mol. The summed E-state index contributed by atoms with van der Waals surface area (Å²) in [5.41, 5.74) is 0.276. The Morgan fingerprint density at radius 2 is 2.05 bits per heavy atom. The SMILES string of the molecule is O=C(NC1CC1)c1cc(Br)cc(OCC(F)(F)F)c1. The normalized spacial score (nSPS) is 15.2. The maximum Gasteiger partial charge on any atom is 0.422 e. The van der Waals surface area contributed by atoms with E-state index in [0.717, 1.165) is 12.8 Å². The standard InChI is InChI=1S/C12H11BrF3NO2/c13-8-3-7(11(18)17-9-1-2-9)4-10(5-8)19-6-12(14,15)16/h3-5,9H,1-2,6H2,(H,17,18). The van der Waals surface area contributed by atoms with Gasteiger partial charge in [0, 0.05) is 16.1 Å². The Morgan fingerprint density at radius 3 is 2.63 bits per heavy atom. The Kier molecular flexibility index (Phi) is 4.03. The van der Waals surface area contributed by atoms with E-state index in [2.05, 4.69) is 26.0 Å². The largest absolute Gasteiger partial charge is 0.484 e. The van der Waals surface area contributed by atoms with Gasteiger partial charge in [-0.2, -0.15) is 13.2 Å². The lowest BCUT2D eigenvalue weighted by Crippen LogP contribution is -2.25. The van der Waals surface area contributed by atoms with Crippen molar-refractivity contribution < 1.29 is 22.7 Å². The van der Waals surface area contributed by atoms with Crippen LogP contribution in [0.3, 0.4) is 0 Å². The van der Waals surface area contributed by atoms with Crippen LogP contribution >= 0.6 is 15.9 Å². The molecule has 1 aromatic carbocycles. The zero-order valence-corrected chi connectivity index (χ0v) is 11.3. The van der Waals surface area contributed by atoms with Crippen molar-refractivity contribution >= 4 is 21.8 Å². The van der Waals surface area contributed by atoms with Gasteiger partial charge in [0.05, 0.1) is 0 Å². The minimum atomic E-state index is -4.40. The van der Waals surface area contributed by atoms with Crippen molar-refractivity contribution in [3.05, 3.63) is 28.2 Å². The molecule has 104 valence electrons. The second-order valence-electron chi connectivity index (χ2n) is 4.33. The van der Waals surface area contributed by atoms with Gasteiger partial charge in [-0.15, -0.1) is 0 Å². The number of benzene rings is 1. The lowest BCUT2D eigenvalue weighted by molar-refractivity contribution is -0.153. The summed E-state index contributed by atoms with van der Waals surface area (Å²) in [4.78, 5) is 11.8. The van der Waals surface area contributed by atoms with Crippen LogP contribution in [0.5, 0.6) is 5.75 Å². The quantitative estimate of drug-likeness (QED) is 0.915. The Hall–Kier alpha value is -1.24. The Balaban J connectivity index is 2.07. The third kappa shape index (κ3) is 4.74. The van der Waals surface area contributed by atoms with Crippen LogP contribution in [0.25, 0.3) is 0 Å². The Bertz CT molecular complexity index is 486.